The molecule has 0 aromatic carbocycles. The number of carboxylic acid groups (broad SMARTS) is 1. The zero-order valence-electron chi connectivity index (χ0n) is 5.82. The van der Waals surface area contributed by atoms with E-state index in [0.29, 0.717) is 0 Å². The molecule has 0 radical (unpaired) electrons. The monoisotopic (exact) mass is 155 g/mol. The second kappa shape index (κ2) is 4.10. The molecule has 11 heavy (non-hydrogen) atoms. The van der Waals surface area contributed by atoms with Crippen molar-refractivity contribution in [2.24, 2.45) is 16.5 Å². The first-order valence-corrected chi connectivity index (χ1v) is 2.73. The fourth-order valence-electron chi connectivity index (χ4n) is 0.380. The molecule has 0 saturated carbocycles. The molecule has 0 amide bonds. The SMILES string of the molecule is C=CC=NC(C(=O)O)=C(N)N. The van der Waals surface area contributed by atoms with Gasteiger partial charge in [0.15, 0.2) is 5.70 Å². The van der Waals surface area contributed by atoms with Crippen molar-refractivity contribution in [2.75, 3.05) is 0 Å². The molecule has 0 bridgehead atoms. The van der Waals surface area contributed by atoms with Crippen molar-refractivity contribution in [1.29, 1.82) is 0 Å². The van der Waals surface area contributed by atoms with Crippen LogP contribution < -0.4 is 11.5 Å². The van der Waals surface area contributed by atoms with Gasteiger partial charge in [-0.25, -0.2) is 9.79 Å². The summed E-state index contributed by atoms with van der Waals surface area (Å²) in [6, 6.07) is 0. The van der Waals surface area contributed by atoms with Gasteiger partial charge in [-0.3, -0.25) is 0 Å². The molecule has 0 unspecified atom stereocenters. The van der Waals surface area contributed by atoms with Gasteiger partial charge in [-0.15, -0.1) is 0 Å². The summed E-state index contributed by atoms with van der Waals surface area (Å²) in [5.41, 5.74) is 9.64. The predicted octanol–water partition coefficient (Wildman–Crippen LogP) is -0.586. The largest absolute Gasteiger partial charge is 0.476 e. The molecule has 5 heteroatoms. The van der Waals surface area contributed by atoms with Crippen molar-refractivity contribution < 1.29 is 9.90 Å². The van der Waals surface area contributed by atoms with Crippen molar-refractivity contribution in [3.63, 3.8) is 0 Å². The van der Waals surface area contributed by atoms with Gasteiger partial charge in [0, 0.05) is 6.21 Å². The summed E-state index contributed by atoms with van der Waals surface area (Å²) < 4.78 is 0. The Hall–Kier alpha value is -1.78. The van der Waals surface area contributed by atoms with Crippen molar-refractivity contribution in [1.82, 2.24) is 0 Å². The number of rotatable bonds is 3. The lowest BCUT2D eigenvalue weighted by molar-refractivity contribution is -0.132. The number of carboxylic acids is 1. The third-order valence-electron chi connectivity index (χ3n) is 0.785. The topological polar surface area (TPSA) is 102 Å². The van der Waals surface area contributed by atoms with Crippen LogP contribution in [0.3, 0.4) is 0 Å². The number of hydrogen-bond acceptors (Lipinski definition) is 4. The maximum atomic E-state index is 10.3. The van der Waals surface area contributed by atoms with E-state index in [0.717, 1.165) is 0 Å². The Morgan fingerprint density at radius 3 is 2.36 bits per heavy atom. The quantitative estimate of drug-likeness (QED) is 0.374. The first kappa shape index (κ1) is 9.22. The Morgan fingerprint density at radius 2 is 2.09 bits per heavy atom. The van der Waals surface area contributed by atoms with Gasteiger partial charge in [-0.2, -0.15) is 0 Å². The number of aliphatic carboxylic acids is 1. The fraction of sp³-hybridized carbons (Fsp3) is 0. The molecule has 0 rings (SSSR count). The smallest absolute Gasteiger partial charge is 0.358 e. The van der Waals surface area contributed by atoms with Crippen molar-refractivity contribution in [3.05, 3.63) is 24.2 Å². The predicted molar refractivity (Wildman–Crippen MR) is 41.7 cm³/mol. The van der Waals surface area contributed by atoms with Crippen molar-refractivity contribution >= 4 is 12.2 Å². The summed E-state index contributed by atoms with van der Waals surface area (Å²) in [7, 11) is 0. The van der Waals surface area contributed by atoms with Crippen LogP contribution in [0, 0.1) is 0 Å². The Labute approximate surface area is 63.7 Å². The van der Waals surface area contributed by atoms with Crippen LogP contribution in [-0.4, -0.2) is 17.3 Å². The number of nitrogens with zero attached hydrogens (tertiary/aromatic N) is 1. The Bertz CT molecular complexity index is 226. The first-order chi connectivity index (χ1) is 5.09. The number of carbonyl (C=O) groups is 1. The van der Waals surface area contributed by atoms with E-state index in [1.807, 2.05) is 0 Å². The second-order valence-corrected chi connectivity index (χ2v) is 1.62. The molecule has 0 aromatic rings. The minimum atomic E-state index is -1.26. The molecule has 0 aliphatic heterocycles. The normalized spacial score (nSPS) is 9.45. The van der Waals surface area contributed by atoms with Crippen molar-refractivity contribution in [2.45, 2.75) is 0 Å². The lowest BCUT2D eigenvalue weighted by Gasteiger charge is -1.94. The lowest BCUT2D eigenvalue weighted by Crippen LogP contribution is -2.16. The molecular weight excluding hydrogens is 146 g/mol. The van der Waals surface area contributed by atoms with E-state index in [1.165, 1.54) is 12.3 Å². The van der Waals surface area contributed by atoms with E-state index in [2.05, 4.69) is 11.6 Å². The number of hydrogen-bond donors (Lipinski definition) is 3. The molecule has 5 N–H and O–H groups in total. The van der Waals surface area contributed by atoms with Gasteiger partial charge in [0.25, 0.3) is 0 Å². The molecule has 0 heterocycles. The van der Waals surface area contributed by atoms with Crippen LogP contribution in [0.2, 0.25) is 0 Å². The maximum Gasteiger partial charge on any atom is 0.358 e. The van der Waals surface area contributed by atoms with Crippen LogP contribution in [0.1, 0.15) is 0 Å². The van der Waals surface area contributed by atoms with Gasteiger partial charge in [-0.05, 0) is 0 Å². The van der Waals surface area contributed by atoms with Crippen LogP contribution in [0.25, 0.3) is 0 Å². The maximum absolute atomic E-state index is 10.3. The van der Waals surface area contributed by atoms with Crippen LogP contribution in [0.15, 0.2) is 29.2 Å². The molecule has 0 aliphatic rings. The highest BCUT2D eigenvalue weighted by Crippen LogP contribution is 1.95. The number of aliphatic imine (C=N–C) groups is 1. The van der Waals surface area contributed by atoms with Crippen molar-refractivity contribution in [3.8, 4) is 0 Å². The molecule has 0 fully saturated rings. The minimum Gasteiger partial charge on any atom is -0.476 e. The van der Waals surface area contributed by atoms with Crippen LogP contribution in [0.5, 0.6) is 0 Å². The summed E-state index contributed by atoms with van der Waals surface area (Å²) in [6.45, 7) is 3.30. The summed E-state index contributed by atoms with van der Waals surface area (Å²) in [5, 5.41) is 8.40. The van der Waals surface area contributed by atoms with E-state index in [9.17, 15) is 4.79 Å². The van der Waals surface area contributed by atoms with Crippen LogP contribution >= 0.6 is 0 Å². The summed E-state index contributed by atoms with van der Waals surface area (Å²) in [5.74, 6) is -1.58. The summed E-state index contributed by atoms with van der Waals surface area (Å²) in [4.78, 5) is 13.7. The Kier molecular flexibility index (Phi) is 3.44. The fourth-order valence-corrected chi connectivity index (χ4v) is 0.380. The highest BCUT2D eigenvalue weighted by molar-refractivity contribution is 5.89. The van der Waals surface area contributed by atoms with E-state index in [1.54, 1.807) is 0 Å². The minimum absolute atomic E-state index is 0.324. The molecule has 60 valence electrons. The second-order valence-electron chi connectivity index (χ2n) is 1.62. The Morgan fingerprint density at radius 1 is 1.55 bits per heavy atom. The van der Waals surface area contributed by atoms with E-state index < -0.39 is 5.97 Å². The Balaban J connectivity index is 4.64. The van der Waals surface area contributed by atoms with Gasteiger partial charge in [0.05, 0.1) is 0 Å². The average Bonchev–Trinajstić information content (AvgIpc) is 1.87. The molecule has 5 nitrogen and oxygen atoms in total. The van der Waals surface area contributed by atoms with Gasteiger partial charge < -0.3 is 16.6 Å². The number of nitrogens with two attached hydrogens (primary N) is 2. The van der Waals surface area contributed by atoms with Gasteiger partial charge in [0.1, 0.15) is 5.82 Å². The molecule has 0 spiro atoms. The highest BCUT2D eigenvalue weighted by atomic mass is 16.4. The third-order valence-corrected chi connectivity index (χ3v) is 0.785. The van der Waals surface area contributed by atoms with Crippen LogP contribution in [-0.2, 0) is 4.79 Å². The molecule has 0 aromatic heterocycles. The summed E-state index contributed by atoms with van der Waals surface area (Å²) >= 11 is 0. The molecule has 0 saturated heterocycles. The van der Waals surface area contributed by atoms with Crippen LogP contribution in [0.4, 0.5) is 0 Å². The number of allylic oxidation sites excluding steroid dienone is 1. The van der Waals surface area contributed by atoms with Gasteiger partial charge in [-0.1, -0.05) is 12.7 Å². The zero-order chi connectivity index (χ0) is 8.85. The van der Waals surface area contributed by atoms with Gasteiger partial charge >= 0.3 is 5.97 Å². The molecule has 0 aliphatic carbocycles. The molecule has 0 atom stereocenters. The first-order valence-electron chi connectivity index (χ1n) is 2.73. The molecular formula is C6H9N3O2. The third kappa shape index (κ3) is 3.04. The van der Waals surface area contributed by atoms with E-state index >= 15 is 0 Å². The standard InChI is InChI=1S/C6H9N3O2/c1-2-3-9-4(5(7)8)6(10)11/h2-3H,1,7-8H2,(H,10,11). The zero-order valence-corrected chi connectivity index (χ0v) is 5.82. The summed E-state index contributed by atoms with van der Waals surface area (Å²) in [6.07, 6.45) is 2.52. The van der Waals surface area contributed by atoms with E-state index in [-0.39, 0.29) is 11.5 Å². The van der Waals surface area contributed by atoms with Gasteiger partial charge in [0.2, 0.25) is 0 Å². The van der Waals surface area contributed by atoms with E-state index in [4.69, 9.17) is 16.6 Å². The average molecular weight is 155 g/mol. The highest BCUT2D eigenvalue weighted by Gasteiger charge is 2.06. The lowest BCUT2D eigenvalue weighted by atomic mass is 10.4.